The Morgan fingerprint density at radius 3 is 2.85 bits per heavy atom. The number of nitrogens with zero attached hydrogens (tertiary/aromatic N) is 1. The fraction of sp³-hybridized carbons (Fsp3) is 0.133. The molecule has 0 aliphatic carbocycles. The van der Waals surface area contributed by atoms with Crippen molar-refractivity contribution in [2.75, 3.05) is 23.8 Å². The van der Waals surface area contributed by atoms with Crippen molar-refractivity contribution in [1.29, 1.82) is 0 Å². The summed E-state index contributed by atoms with van der Waals surface area (Å²) in [6, 6.07) is 12.8. The molecule has 0 bridgehead atoms. The molecule has 1 heterocycles. The van der Waals surface area contributed by atoms with Gasteiger partial charge in [0.1, 0.15) is 12.4 Å². The Morgan fingerprint density at radius 2 is 2.05 bits per heavy atom. The maximum Gasteiger partial charge on any atom is 0.258 e. The monoisotopic (exact) mass is 332 g/mol. The third kappa shape index (κ3) is 2.25. The molecule has 4 nitrogen and oxygen atoms in total. The molecule has 3 rings (SSSR count). The zero-order valence-electron chi connectivity index (χ0n) is 10.7. The first-order valence-corrected chi connectivity index (χ1v) is 7.05. The van der Waals surface area contributed by atoms with E-state index in [0.29, 0.717) is 24.4 Å². The van der Waals surface area contributed by atoms with E-state index >= 15 is 0 Å². The molecule has 2 aromatic carbocycles. The minimum atomic E-state index is -0.0695. The van der Waals surface area contributed by atoms with Crippen LogP contribution in [0.4, 0.5) is 11.4 Å². The summed E-state index contributed by atoms with van der Waals surface area (Å²) in [4.78, 5) is 14.3. The predicted octanol–water partition coefficient (Wildman–Crippen LogP) is 3.07. The van der Waals surface area contributed by atoms with Gasteiger partial charge in [-0.05, 0) is 46.3 Å². The molecule has 102 valence electrons. The van der Waals surface area contributed by atoms with Crippen LogP contribution >= 0.6 is 15.9 Å². The van der Waals surface area contributed by atoms with E-state index in [9.17, 15) is 4.79 Å². The van der Waals surface area contributed by atoms with E-state index in [2.05, 4.69) is 15.9 Å². The lowest BCUT2D eigenvalue weighted by Crippen LogP contribution is -2.37. The fourth-order valence-corrected chi connectivity index (χ4v) is 2.46. The van der Waals surface area contributed by atoms with Crippen LogP contribution in [0.3, 0.4) is 0 Å². The van der Waals surface area contributed by atoms with Crippen molar-refractivity contribution in [2.24, 2.45) is 0 Å². The van der Waals surface area contributed by atoms with Crippen molar-refractivity contribution >= 4 is 33.2 Å². The molecule has 1 aliphatic rings. The van der Waals surface area contributed by atoms with Crippen molar-refractivity contribution in [3.05, 3.63) is 52.5 Å². The summed E-state index contributed by atoms with van der Waals surface area (Å²) < 4.78 is 6.34. The number of fused-ring (bicyclic) bond motifs is 1. The van der Waals surface area contributed by atoms with Gasteiger partial charge in [-0.25, -0.2) is 0 Å². The third-order valence-electron chi connectivity index (χ3n) is 3.22. The molecule has 0 saturated heterocycles. The normalized spacial score (nSPS) is 13.6. The van der Waals surface area contributed by atoms with Crippen LogP contribution in [0.5, 0.6) is 5.75 Å². The van der Waals surface area contributed by atoms with Crippen LogP contribution < -0.4 is 15.4 Å². The molecule has 0 fully saturated rings. The zero-order valence-corrected chi connectivity index (χ0v) is 12.3. The van der Waals surface area contributed by atoms with Crippen molar-refractivity contribution in [2.45, 2.75) is 0 Å². The van der Waals surface area contributed by atoms with Gasteiger partial charge in [0.2, 0.25) is 0 Å². The number of halogens is 1. The Bertz CT molecular complexity index is 673. The molecule has 0 radical (unpaired) electrons. The van der Waals surface area contributed by atoms with Crippen LogP contribution in [0.15, 0.2) is 46.9 Å². The third-order valence-corrected chi connectivity index (χ3v) is 3.94. The van der Waals surface area contributed by atoms with Crippen LogP contribution in [0.2, 0.25) is 0 Å². The van der Waals surface area contributed by atoms with Gasteiger partial charge in [-0.1, -0.05) is 12.1 Å². The van der Waals surface area contributed by atoms with Crippen molar-refractivity contribution in [3.8, 4) is 5.75 Å². The van der Waals surface area contributed by atoms with E-state index in [-0.39, 0.29) is 5.91 Å². The molecule has 20 heavy (non-hydrogen) atoms. The van der Waals surface area contributed by atoms with Gasteiger partial charge in [-0.2, -0.15) is 0 Å². The number of para-hydroxylation sites is 2. The Balaban J connectivity index is 1.97. The predicted molar refractivity (Wildman–Crippen MR) is 82.2 cm³/mol. The number of ether oxygens (including phenoxy) is 1. The highest BCUT2D eigenvalue weighted by Crippen LogP contribution is 2.32. The summed E-state index contributed by atoms with van der Waals surface area (Å²) in [7, 11) is 0. The molecule has 1 amide bonds. The number of benzene rings is 2. The van der Waals surface area contributed by atoms with Gasteiger partial charge in [0.15, 0.2) is 0 Å². The summed E-state index contributed by atoms with van der Waals surface area (Å²) in [5.41, 5.74) is 7.76. The number of amides is 1. The smallest absolute Gasteiger partial charge is 0.258 e. The minimum absolute atomic E-state index is 0.0695. The van der Waals surface area contributed by atoms with E-state index in [1.807, 2.05) is 24.3 Å². The first kappa shape index (κ1) is 13.0. The standard InChI is InChI=1S/C15H13BrN2O2/c16-11-6-5-10(9-12(11)17)15(19)18-7-8-20-14-4-2-1-3-13(14)18/h1-6,9H,7-8,17H2. The van der Waals surface area contributed by atoms with Gasteiger partial charge in [0, 0.05) is 15.7 Å². The molecule has 0 spiro atoms. The van der Waals surface area contributed by atoms with E-state index in [4.69, 9.17) is 10.5 Å². The molecule has 0 aromatic heterocycles. The van der Waals surface area contributed by atoms with E-state index in [1.54, 1.807) is 23.1 Å². The summed E-state index contributed by atoms with van der Waals surface area (Å²) in [6.45, 7) is 1.03. The van der Waals surface area contributed by atoms with Crippen molar-refractivity contribution < 1.29 is 9.53 Å². The largest absolute Gasteiger partial charge is 0.490 e. The van der Waals surface area contributed by atoms with Gasteiger partial charge < -0.3 is 15.4 Å². The number of anilines is 2. The second-order valence-electron chi connectivity index (χ2n) is 4.51. The first-order chi connectivity index (χ1) is 9.66. The Kier molecular flexibility index (Phi) is 3.36. The molecule has 2 N–H and O–H groups in total. The number of nitrogen functional groups attached to an aromatic ring is 1. The molecular formula is C15H13BrN2O2. The lowest BCUT2D eigenvalue weighted by Gasteiger charge is -2.29. The van der Waals surface area contributed by atoms with Gasteiger partial charge in [0.25, 0.3) is 5.91 Å². The van der Waals surface area contributed by atoms with Crippen molar-refractivity contribution in [1.82, 2.24) is 0 Å². The number of hydrogen-bond acceptors (Lipinski definition) is 3. The van der Waals surface area contributed by atoms with Gasteiger partial charge in [-0.3, -0.25) is 4.79 Å². The molecule has 0 saturated carbocycles. The average Bonchev–Trinajstić information content (AvgIpc) is 2.49. The second kappa shape index (κ2) is 5.17. The van der Waals surface area contributed by atoms with Crippen LogP contribution in [-0.4, -0.2) is 19.1 Å². The molecule has 0 atom stereocenters. The summed E-state index contributed by atoms with van der Waals surface area (Å²) in [5, 5.41) is 0. The average molecular weight is 333 g/mol. The lowest BCUT2D eigenvalue weighted by atomic mass is 10.1. The minimum Gasteiger partial charge on any atom is -0.490 e. The number of rotatable bonds is 1. The van der Waals surface area contributed by atoms with Gasteiger partial charge in [0.05, 0.1) is 12.2 Å². The Morgan fingerprint density at radius 1 is 1.25 bits per heavy atom. The molecule has 0 unspecified atom stereocenters. The highest BCUT2D eigenvalue weighted by Gasteiger charge is 2.24. The zero-order chi connectivity index (χ0) is 14.1. The number of carbonyl (C=O) groups excluding carboxylic acids is 1. The van der Waals surface area contributed by atoms with E-state index in [1.165, 1.54) is 0 Å². The maximum absolute atomic E-state index is 12.6. The van der Waals surface area contributed by atoms with Crippen LogP contribution in [0.1, 0.15) is 10.4 Å². The first-order valence-electron chi connectivity index (χ1n) is 6.25. The summed E-state index contributed by atoms with van der Waals surface area (Å²) >= 11 is 3.33. The quantitative estimate of drug-likeness (QED) is 0.816. The Hall–Kier alpha value is -2.01. The molecule has 2 aromatic rings. The summed E-state index contributed by atoms with van der Waals surface area (Å²) in [6.07, 6.45) is 0. The Labute approximate surface area is 125 Å². The van der Waals surface area contributed by atoms with Gasteiger partial charge >= 0.3 is 0 Å². The topological polar surface area (TPSA) is 55.6 Å². The molecular weight excluding hydrogens is 320 g/mol. The number of hydrogen-bond donors (Lipinski definition) is 1. The van der Waals surface area contributed by atoms with Crippen LogP contribution in [0, 0.1) is 0 Å². The van der Waals surface area contributed by atoms with E-state index in [0.717, 1.165) is 15.9 Å². The SMILES string of the molecule is Nc1cc(C(=O)N2CCOc3ccccc32)ccc1Br. The maximum atomic E-state index is 12.6. The summed E-state index contributed by atoms with van der Waals surface area (Å²) in [5.74, 6) is 0.664. The highest BCUT2D eigenvalue weighted by molar-refractivity contribution is 9.10. The number of carbonyl (C=O) groups is 1. The van der Waals surface area contributed by atoms with Crippen LogP contribution in [0.25, 0.3) is 0 Å². The molecule has 1 aliphatic heterocycles. The molecule has 5 heteroatoms. The highest BCUT2D eigenvalue weighted by atomic mass is 79.9. The van der Waals surface area contributed by atoms with Crippen LogP contribution in [-0.2, 0) is 0 Å². The fourth-order valence-electron chi connectivity index (χ4n) is 2.21. The number of nitrogens with two attached hydrogens (primary N) is 1. The van der Waals surface area contributed by atoms with E-state index < -0.39 is 0 Å². The lowest BCUT2D eigenvalue weighted by molar-refractivity contribution is 0.0976. The van der Waals surface area contributed by atoms with Crippen molar-refractivity contribution in [3.63, 3.8) is 0 Å². The van der Waals surface area contributed by atoms with Gasteiger partial charge in [-0.15, -0.1) is 0 Å². The second-order valence-corrected chi connectivity index (χ2v) is 5.36.